The molecule has 0 saturated carbocycles. The molecule has 0 atom stereocenters. The van der Waals surface area contributed by atoms with Crippen molar-refractivity contribution >= 4 is 15.8 Å². The maximum atomic E-state index is 14.0. The molecule has 5 nitrogen and oxygen atoms in total. The molecule has 3 aromatic carbocycles. The Morgan fingerprint density at radius 2 is 1.68 bits per heavy atom. The Balaban J connectivity index is 1.70. The molecule has 0 heterocycles. The number of hydrogen-bond acceptors (Lipinski definition) is 4. The molecule has 0 aromatic heterocycles. The summed E-state index contributed by atoms with van der Waals surface area (Å²) in [5.41, 5.74) is 2.05. The topological polar surface area (TPSA) is 80.7 Å². The Kier molecular flexibility index (Phi) is 5.75. The van der Waals surface area contributed by atoms with E-state index in [4.69, 9.17) is 9.84 Å². The molecule has 0 amide bonds. The highest BCUT2D eigenvalue weighted by atomic mass is 32.2. The van der Waals surface area contributed by atoms with Crippen molar-refractivity contribution < 1.29 is 27.4 Å². The molecule has 0 aliphatic rings. The number of sulfone groups is 1. The molecule has 3 aromatic rings. The van der Waals surface area contributed by atoms with Crippen LogP contribution >= 0.6 is 0 Å². The summed E-state index contributed by atoms with van der Waals surface area (Å²) in [7, 11) is -3.87. The summed E-state index contributed by atoms with van der Waals surface area (Å²) in [6.45, 7) is 0.212. The third-order valence-corrected chi connectivity index (χ3v) is 5.63. The highest BCUT2D eigenvalue weighted by molar-refractivity contribution is 7.92. The average molecular weight is 400 g/mol. The number of benzene rings is 3. The van der Waals surface area contributed by atoms with Gasteiger partial charge in [0, 0.05) is 5.56 Å². The van der Waals surface area contributed by atoms with Gasteiger partial charge in [0.15, 0.2) is 15.6 Å². The van der Waals surface area contributed by atoms with Gasteiger partial charge in [0.2, 0.25) is 0 Å². The van der Waals surface area contributed by atoms with E-state index in [1.807, 2.05) is 24.3 Å². The highest BCUT2D eigenvalue weighted by Gasteiger charge is 2.18. The number of aliphatic carboxylic acids is 1. The van der Waals surface area contributed by atoms with Crippen LogP contribution < -0.4 is 4.74 Å². The molecular formula is C21H17FO5S. The number of carbonyl (C=O) groups is 1. The lowest BCUT2D eigenvalue weighted by Crippen LogP contribution is -2.15. The van der Waals surface area contributed by atoms with Gasteiger partial charge in [0.05, 0.1) is 4.90 Å². The van der Waals surface area contributed by atoms with Crippen LogP contribution in [0, 0.1) is 5.82 Å². The van der Waals surface area contributed by atoms with Gasteiger partial charge in [-0.2, -0.15) is 0 Å². The molecular weight excluding hydrogens is 383 g/mol. The molecule has 0 radical (unpaired) electrons. The van der Waals surface area contributed by atoms with Crippen LogP contribution in [0.25, 0.3) is 11.1 Å². The van der Waals surface area contributed by atoms with Crippen LogP contribution in [-0.2, 0) is 21.2 Å². The van der Waals surface area contributed by atoms with Gasteiger partial charge in [0.25, 0.3) is 0 Å². The summed E-state index contributed by atoms with van der Waals surface area (Å²) in [5, 5.41) is 8.67. The van der Waals surface area contributed by atoms with Crippen LogP contribution in [0.3, 0.4) is 0 Å². The predicted octanol–water partition coefficient (Wildman–Crippen LogP) is 3.93. The van der Waals surface area contributed by atoms with E-state index in [0.717, 1.165) is 11.1 Å². The minimum absolute atomic E-state index is 0.0798. The van der Waals surface area contributed by atoms with Gasteiger partial charge >= 0.3 is 5.97 Å². The van der Waals surface area contributed by atoms with Crippen LogP contribution in [-0.4, -0.2) is 25.2 Å². The first kappa shape index (κ1) is 19.6. The summed E-state index contributed by atoms with van der Waals surface area (Å²) in [4.78, 5) is 10.6. The van der Waals surface area contributed by atoms with Crippen molar-refractivity contribution in [3.05, 3.63) is 84.2 Å². The minimum atomic E-state index is -3.87. The van der Waals surface area contributed by atoms with Crippen LogP contribution in [0.5, 0.6) is 5.75 Å². The van der Waals surface area contributed by atoms with Gasteiger partial charge < -0.3 is 9.84 Å². The van der Waals surface area contributed by atoms with Crippen LogP contribution in [0.15, 0.2) is 77.7 Å². The Bertz CT molecular complexity index is 1090. The van der Waals surface area contributed by atoms with Crippen molar-refractivity contribution in [1.82, 2.24) is 0 Å². The lowest BCUT2D eigenvalue weighted by Gasteiger charge is -2.09. The second-order valence-corrected chi connectivity index (χ2v) is 8.08. The second kappa shape index (κ2) is 8.22. The first-order valence-electron chi connectivity index (χ1n) is 8.36. The maximum absolute atomic E-state index is 14.0. The molecule has 0 bridgehead atoms. The minimum Gasteiger partial charge on any atom is -0.489 e. The van der Waals surface area contributed by atoms with E-state index in [2.05, 4.69) is 0 Å². The zero-order valence-corrected chi connectivity index (χ0v) is 15.5. The fourth-order valence-electron chi connectivity index (χ4n) is 2.68. The Hall–Kier alpha value is -3.19. The summed E-state index contributed by atoms with van der Waals surface area (Å²) in [6.07, 6.45) is 0. The lowest BCUT2D eigenvalue weighted by molar-refractivity contribution is -0.134. The van der Waals surface area contributed by atoms with Gasteiger partial charge in [-0.05, 0) is 47.5 Å². The van der Waals surface area contributed by atoms with Crippen molar-refractivity contribution in [1.29, 1.82) is 0 Å². The quantitative estimate of drug-likeness (QED) is 0.650. The van der Waals surface area contributed by atoms with Gasteiger partial charge in [-0.25, -0.2) is 12.8 Å². The van der Waals surface area contributed by atoms with Crippen LogP contribution in [0.1, 0.15) is 5.56 Å². The zero-order valence-electron chi connectivity index (χ0n) is 14.7. The zero-order chi connectivity index (χ0) is 20.1. The third-order valence-electron chi connectivity index (χ3n) is 4.01. The summed E-state index contributed by atoms with van der Waals surface area (Å²) in [5.74, 6) is -2.24. The third kappa shape index (κ3) is 4.75. The molecule has 28 heavy (non-hydrogen) atoms. The van der Waals surface area contributed by atoms with Gasteiger partial charge in [0.1, 0.15) is 18.2 Å². The molecule has 0 saturated heterocycles. The number of rotatable bonds is 7. The Morgan fingerprint density at radius 1 is 0.964 bits per heavy atom. The van der Waals surface area contributed by atoms with E-state index in [9.17, 15) is 17.6 Å². The largest absolute Gasteiger partial charge is 0.489 e. The fraction of sp³-hybridized carbons (Fsp3) is 0.0952. The number of ether oxygens (including phenoxy) is 1. The van der Waals surface area contributed by atoms with E-state index in [-0.39, 0.29) is 17.3 Å². The first-order chi connectivity index (χ1) is 13.3. The molecule has 7 heteroatoms. The van der Waals surface area contributed by atoms with Crippen LogP contribution in [0.2, 0.25) is 0 Å². The van der Waals surface area contributed by atoms with Crippen molar-refractivity contribution in [2.75, 3.05) is 5.75 Å². The summed E-state index contributed by atoms with van der Waals surface area (Å²) < 4.78 is 43.4. The van der Waals surface area contributed by atoms with E-state index in [0.29, 0.717) is 11.3 Å². The first-order valence-corrected chi connectivity index (χ1v) is 10.0. The number of hydrogen-bond donors (Lipinski definition) is 1. The van der Waals surface area contributed by atoms with E-state index in [1.165, 1.54) is 30.3 Å². The second-order valence-electron chi connectivity index (χ2n) is 6.09. The van der Waals surface area contributed by atoms with Gasteiger partial charge in [-0.1, -0.05) is 36.4 Å². The summed E-state index contributed by atoms with van der Waals surface area (Å²) in [6, 6.07) is 19.3. The average Bonchev–Trinajstić information content (AvgIpc) is 2.66. The van der Waals surface area contributed by atoms with Crippen molar-refractivity contribution in [2.24, 2.45) is 0 Å². The molecule has 0 aliphatic heterocycles. The van der Waals surface area contributed by atoms with E-state index >= 15 is 0 Å². The normalized spacial score (nSPS) is 11.2. The van der Waals surface area contributed by atoms with E-state index < -0.39 is 21.6 Å². The van der Waals surface area contributed by atoms with Crippen molar-refractivity contribution in [3.63, 3.8) is 0 Å². The highest BCUT2D eigenvalue weighted by Crippen LogP contribution is 2.24. The fourth-order valence-corrected chi connectivity index (χ4v) is 3.72. The predicted molar refractivity (Wildman–Crippen MR) is 102 cm³/mol. The molecule has 0 spiro atoms. The SMILES string of the molecule is O=C(O)CS(=O)(=O)c1ccc(OCc2cccc(-c3ccccc3F)c2)cc1. The molecule has 1 N–H and O–H groups in total. The molecule has 3 rings (SSSR count). The van der Waals surface area contributed by atoms with Crippen molar-refractivity contribution in [2.45, 2.75) is 11.5 Å². The monoisotopic (exact) mass is 400 g/mol. The molecule has 0 fully saturated rings. The Labute approximate surface area is 162 Å². The number of carboxylic acid groups (broad SMARTS) is 1. The van der Waals surface area contributed by atoms with E-state index in [1.54, 1.807) is 18.2 Å². The number of carboxylic acids is 1. The summed E-state index contributed by atoms with van der Waals surface area (Å²) >= 11 is 0. The van der Waals surface area contributed by atoms with Crippen molar-refractivity contribution in [3.8, 4) is 16.9 Å². The standard InChI is InChI=1S/C21H17FO5S/c22-20-7-2-1-6-19(20)16-5-3-4-15(12-16)13-27-17-8-10-18(11-9-17)28(25,26)14-21(23)24/h1-12H,13-14H2,(H,23,24). The molecule has 144 valence electrons. The number of halogens is 1. The van der Waals surface area contributed by atoms with Gasteiger partial charge in [-0.3, -0.25) is 4.79 Å². The maximum Gasteiger partial charge on any atom is 0.319 e. The van der Waals surface area contributed by atoms with Gasteiger partial charge in [-0.15, -0.1) is 0 Å². The molecule has 0 unspecified atom stereocenters. The lowest BCUT2D eigenvalue weighted by atomic mass is 10.0. The van der Waals surface area contributed by atoms with Crippen LogP contribution in [0.4, 0.5) is 4.39 Å². The smallest absolute Gasteiger partial charge is 0.319 e. The molecule has 0 aliphatic carbocycles. The Morgan fingerprint density at radius 3 is 2.36 bits per heavy atom.